The number of nitrogens with zero attached hydrogens (tertiary/aromatic N) is 5. The summed E-state index contributed by atoms with van der Waals surface area (Å²) in [6.07, 6.45) is 1.86. The molecule has 7 nitrogen and oxygen atoms in total. The number of non-ortho nitro benzene ring substituents is 1. The third-order valence-electron chi connectivity index (χ3n) is 4.35. The van der Waals surface area contributed by atoms with Crippen LogP contribution in [-0.2, 0) is 0 Å². The van der Waals surface area contributed by atoms with E-state index in [1.807, 2.05) is 6.21 Å². The van der Waals surface area contributed by atoms with E-state index in [4.69, 9.17) is 4.99 Å². The second-order valence-corrected chi connectivity index (χ2v) is 6.24. The molecule has 5 rings (SSSR count). The van der Waals surface area contributed by atoms with Crippen LogP contribution >= 0.6 is 0 Å². The molecular weight excluding hydrogens is 270 g/mol. The molecule has 0 aliphatic carbocycles. The van der Waals surface area contributed by atoms with Crippen molar-refractivity contribution in [3.05, 3.63) is 39.9 Å². The summed E-state index contributed by atoms with van der Waals surface area (Å²) >= 11 is 0. The van der Waals surface area contributed by atoms with Crippen LogP contribution in [0.1, 0.15) is 5.56 Å². The average Bonchev–Trinajstić information content (AvgIpc) is 2.44. The van der Waals surface area contributed by atoms with E-state index in [0.717, 1.165) is 45.2 Å². The molecule has 4 bridgehead atoms. The first-order chi connectivity index (χ1) is 10.1. The highest BCUT2D eigenvalue weighted by molar-refractivity contribution is 5.80. The molecule has 0 radical (unpaired) electrons. The fourth-order valence-corrected chi connectivity index (χ4v) is 3.70. The lowest BCUT2D eigenvalue weighted by Gasteiger charge is -2.59. The fraction of sp³-hybridized carbons (Fsp3) is 0.500. The maximum Gasteiger partial charge on any atom is 0.269 e. The van der Waals surface area contributed by atoms with Gasteiger partial charge >= 0.3 is 0 Å². The predicted molar refractivity (Wildman–Crippen MR) is 78.1 cm³/mol. The second-order valence-electron chi connectivity index (χ2n) is 6.24. The summed E-state index contributed by atoms with van der Waals surface area (Å²) in [5.74, 6) is 0. The minimum atomic E-state index is -0.381. The van der Waals surface area contributed by atoms with Gasteiger partial charge in [0.05, 0.1) is 30.5 Å². The Labute approximate surface area is 122 Å². The minimum absolute atomic E-state index is 0.0451. The Morgan fingerprint density at radius 3 is 2.05 bits per heavy atom. The molecule has 0 aromatic heterocycles. The summed E-state index contributed by atoms with van der Waals surface area (Å²) in [6.45, 7) is 6.15. The molecule has 4 fully saturated rings. The smallest absolute Gasteiger partial charge is 0.269 e. The lowest BCUT2D eigenvalue weighted by Crippen LogP contribution is -2.75. The van der Waals surface area contributed by atoms with Crippen molar-refractivity contribution in [3.63, 3.8) is 0 Å². The molecule has 7 heteroatoms. The molecule has 4 heterocycles. The van der Waals surface area contributed by atoms with Crippen LogP contribution < -0.4 is 0 Å². The van der Waals surface area contributed by atoms with Crippen LogP contribution in [0, 0.1) is 10.1 Å². The normalized spacial score (nSPS) is 37.2. The van der Waals surface area contributed by atoms with E-state index in [9.17, 15) is 10.1 Å². The molecule has 1 aromatic carbocycles. The van der Waals surface area contributed by atoms with Crippen LogP contribution in [0.15, 0.2) is 29.3 Å². The maximum absolute atomic E-state index is 10.7. The quantitative estimate of drug-likeness (QED) is 0.462. The van der Waals surface area contributed by atoms with Crippen molar-refractivity contribution < 1.29 is 4.92 Å². The Bertz CT molecular complexity index is 563. The lowest BCUT2D eigenvalue weighted by atomic mass is 9.91. The van der Waals surface area contributed by atoms with Crippen molar-refractivity contribution in [2.45, 2.75) is 5.54 Å². The van der Waals surface area contributed by atoms with Gasteiger partial charge in [0.15, 0.2) is 0 Å². The minimum Gasteiger partial charge on any atom is -0.282 e. The van der Waals surface area contributed by atoms with E-state index in [1.54, 1.807) is 12.1 Å². The molecule has 21 heavy (non-hydrogen) atoms. The van der Waals surface area contributed by atoms with E-state index >= 15 is 0 Å². The average molecular weight is 287 g/mol. The molecule has 0 spiro atoms. The van der Waals surface area contributed by atoms with Crippen LogP contribution in [-0.4, -0.2) is 71.0 Å². The molecule has 0 atom stereocenters. The van der Waals surface area contributed by atoms with E-state index in [0.29, 0.717) is 0 Å². The van der Waals surface area contributed by atoms with Crippen LogP contribution in [0.25, 0.3) is 0 Å². The summed E-state index contributed by atoms with van der Waals surface area (Å²) in [5, 5.41) is 10.7. The van der Waals surface area contributed by atoms with Crippen LogP contribution in [0.4, 0.5) is 5.69 Å². The highest BCUT2D eigenvalue weighted by atomic mass is 16.6. The van der Waals surface area contributed by atoms with Gasteiger partial charge in [0.2, 0.25) is 0 Å². The fourth-order valence-electron chi connectivity index (χ4n) is 3.70. The zero-order chi connectivity index (χ0) is 14.4. The Kier molecular flexibility index (Phi) is 2.81. The standard InChI is InChI=1S/C14H17N5O2/c20-19(21)13-3-1-12(2-4-13)5-15-14-6-16-9-17(7-14)11-18(8-14)10-16/h1-5H,6-11H2. The van der Waals surface area contributed by atoms with Gasteiger partial charge in [0.25, 0.3) is 5.69 Å². The molecule has 0 unspecified atom stereocenters. The lowest BCUT2D eigenvalue weighted by molar-refractivity contribution is -0.384. The van der Waals surface area contributed by atoms with Crippen molar-refractivity contribution in [1.29, 1.82) is 0 Å². The first-order valence-corrected chi connectivity index (χ1v) is 7.09. The molecule has 4 saturated heterocycles. The molecule has 0 saturated carbocycles. The number of aliphatic imine (C=N–C) groups is 1. The van der Waals surface area contributed by atoms with Gasteiger partial charge in [0.1, 0.15) is 0 Å². The Morgan fingerprint density at radius 1 is 1.05 bits per heavy atom. The van der Waals surface area contributed by atoms with Gasteiger partial charge in [-0.05, 0) is 17.7 Å². The van der Waals surface area contributed by atoms with E-state index in [2.05, 4.69) is 14.7 Å². The number of rotatable bonds is 3. The van der Waals surface area contributed by atoms with Crippen LogP contribution in [0.3, 0.4) is 0 Å². The monoisotopic (exact) mass is 287 g/mol. The molecule has 0 amide bonds. The molecule has 1 aromatic rings. The van der Waals surface area contributed by atoms with Crippen molar-refractivity contribution in [2.75, 3.05) is 39.6 Å². The highest BCUT2D eigenvalue weighted by Crippen LogP contribution is 2.31. The van der Waals surface area contributed by atoms with Gasteiger partial charge < -0.3 is 0 Å². The van der Waals surface area contributed by atoms with Gasteiger partial charge in [-0.3, -0.25) is 29.8 Å². The first-order valence-electron chi connectivity index (χ1n) is 7.09. The van der Waals surface area contributed by atoms with Crippen molar-refractivity contribution >= 4 is 11.9 Å². The number of hydrogen-bond acceptors (Lipinski definition) is 6. The van der Waals surface area contributed by atoms with Crippen molar-refractivity contribution in [3.8, 4) is 0 Å². The van der Waals surface area contributed by atoms with E-state index in [-0.39, 0.29) is 16.1 Å². The summed E-state index contributed by atoms with van der Waals surface area (Å²) < 4.78 is 0. The summed E-state index contributed by atoms with van der Waals surface area (Å²) in [7, 11) is 0. The number of nitro groups is 1. The molecule has 0 N–H and O–H groups in total. The van der Waals surface area contributed by atoms with E-state index in [1.165, 1.54) is 12.1 Å². The first kappa shape index (κ1) is 12.9. The number of nitro benzene ring substituents is 1. The largest absolute Gasteiger partial charge is 0.282 e. The molecule has 4 aliphatic heterocycles. The van der Waals surface area contributed by atoms with Crippen LogP contribution in [0.5, 0.6) is 0 Å². The molecular formula is C14H17N5O2. The Balaban J connectivity index is 1.53. The third kappa shape index (κ3) is 2.33. The molecule has 110 valence electrons. The second kappa shape index (κ2) is 4.59. The predicted octanol–water partition coefficient (Wildman–Crippen LogP) is 0.572. The summed E-state index contributed by atoms with van der Waals surface area (Å²) in [5.41, 5.74) is 0.984. The molecule has 4 aliphatic rings. The van der Waals surface area contributed by atoms with Crippen LogP contribution in [0.2, 0.25) is 0 Å². The zero-order valence-corrected chi connectivity index (χ0v) is 11.7. The van der Waals surface area contributed by atoms with Gasteiger partial charge in [-0.15, -0.1) is 0 Å². The summed E-state index contributed by atoms with van der Waals surface area (Å²) in [6, 6.07) is 6.56. The van der Waals surface area contributed by atoms with Gasteiger partial charge in [-0.2, -0.15) is 0 Å². The Morgan fingerprint density at radius 2 is 1.57 bits per heavy atom. The highest BCUT2D eigenvalue weighted by Gasteiger charge is 2.48. The van der Waals surface area contributed by atoms with E-state index < -0.39 is 0 Å². The topological polar surface area (TPSA) is 65.2 Å². The van der Waals surface area contributed by atoms with Crippen molar-refractivity contribution in [1.82, 2.24) is 14.7 Å². The van der Waals surface area contributed by atoms with Crippen molar-refractivity contribution in [2.24, 2.45) is 4.99 Å². The zero-order valence-electron chi connectivity index (χ0n) is 11.7. The van der Waals surface area contributed by atoms with Gasteiger partial charge in [0, 0.05) is 38.0 Å². The summed E-state index contributed by atoms with van der Waals surface area (Å²) in [4.78, 5) is 22.4. The Hall–Kier alpha value is -1.83. The SMILES string of the molecule is O=[N+]([O-])c1ccc(C=NC23CN4CN(CN(C4)C2)C3)cc1. The number of hydrogen-bond donors (Lipinski definition) is 0. The van der Waals surface area contributed by atoms with Gasteiger partial charge in [-0.25, -0.2) is 0 Å². The van der Waals surface area contributed by atoms with Gasteiger partial charge in [-0.1, -0.05) is 0 Å². The number of benzene rings is 1. The third-order valence-corrected chi connectivity index (χ3v) is 4.35. The maximum atomic E-state index is 10.7.